The molecule has 0 spiro atoms. The van der Waals surface area contributed by atoms with E-state index in [1.54, 1.807) is 30.1 Å². The maximum atomic E-state index is 10.7. The van der Waals surface area contributed by atoms with E-state index in [0.29, 0.717) is 10.6 Å². The van der Waals surface area contributed by atoms with Crippen molar-refractivity contribution in [3.8, 4) is 0 Å². The van der Waals surface area contributed by atoms with Gasteiger partial charge in [-0.2, -0.15) is 5.10 Å². The molecule has 1 aromatic carbocycles. The number of carboxylic acids is 1. The summed E-state index contributed by atoms with van der Waals surface area (Å²) in [6, 6.07) is 3.46. The van der Waals surface area contributed by atoms with E-state index in [1.165, 1.54) is 0 Å². The molecule has 0 fully saturated rings. The minimum Gasteiger partial charge on any atom is -0.481 e. The first-order chi connectivity index (χ1) is 7.08. The third kappa shape index (κ3) is 1.80. The highest BCUT2D eigenvalue weighted by atomic mass is 35.5. The molecule has 0 bridgehead atoms. The summed E-state index contributed by atoms with van der Waals surface area (Å²) in [6.07, 6.45) is 1.70. The lowest BCUT2D eigenvalue weighted by molar-refractivity contribution is -0.136. The Morgan fingerprint density at radius 2 is 2.33 bits per heavy atom. The van der Waals surface area contributed by atoms with Crippen molar-refractivity contribution in [1.82, 2.24) is 9.78 Å². The predicted molar refractivity (Wildman–Crippen MR) is 57.1 cm³/mol. The van der Waals surface area contributed by atoms with Gasteiger partial charge in [0, 0.05) is 23.7 Å². The van der Waals surface area contributed by atoms with Crippen LogP contribution in [0.1, 0.15) is 5.56 Å². The highest BCUT2D eigenvalue weighted by Gasteiger charge is 2.11. The third-order valence-corrected chi connectivity index (χ3v) is 2.54. The van der Waals surface area contributed by atoms with Gasteiger partial charge in [-0.15, -0.1) is 0 Å². The maximum absolute atomic E-state index is 10.7. The summed E-state index contributed by atoms with van der Waals surface area (Å²) in [5.74, 6) is -0.895. The van der Waals surface area contributed by atoms with Gasteiger partial charge >= 0.3 is 5.97 Å². The molecule has 0 aliphatic heterocycles. The maximum Gasteiger partial charge on any atom is 0.307 e. The van der Waals surface area contributed by atoms with Crippen molar-refractivity contribution in [2.45, 2.75) is 6.42 Å². The van der Waals surface area contributed by atoms with Crippen molar-refractivity contribution in [3.05, 3.63) is 28.9 Å². The minimum absolute atomic E-state index is 0.0815. The molecule has 0 aliphatic carbocycles. The van der Waals surface area contributed by atoms with Crippen LogP contribution in [-0.2, 0) is 18.3 Å². The summed E-state index contributed by atoms with van der Waals surface area (Å²) in [5.41, 5.74) is 1.38. The van der Waals surface area contributed by atoms with Gasteiger partial charge in [-0.05, 0) is 17.7 Å². The molecule has 78 valence electrons. The van der Waals surface area contributed by atoms with E-state index < -0.39 is 5.97 Å². The van der Waals surface area contributed by atoms with Crippen LogP contribution in [0.2, 0.25) is 5.02 Å². The Bertz CT molecular complexity index is 533. The van der Waals surface area contributed by atoms with E-state index >= 15 is 0 Å². The molecule has 5 heteroatoms. The zero-order valence-electron chi connectivity index (χ0n) is 8.07. The Morgan fingerprint density at radius 1 is 1.60 bits per heavy atom. The van der Waals surface area contributed by atoms with E-state index in [1.807, 2.05) is 0 Å². The number of carbonyl (C=O) groups is 1. The fourth-order valence-electron chi connectivity index (χ4n) is 1.57. The molecule has 0 amide bonds. The van der Waals surface area contributed by atoms with Crippen molar-refractivity contribution >= 4 is 28.5 Å². The second kappa shape index (κ2) is 3.55. The third-order valence-electron chi connectivity index (χ3n) is 2.19. The van der Waals surface area contributed by atoms with Crippen LogP contribution < -0.4 is 0 Å². The van der Waals surface area contributed by atoms with E-state index in [4.69, 9.17) is 16.7 Å². The van der Waals surface area contributed by atoms with Crippen LogP contribution in [0.25, 0.3) is 10.9 Å². The summed E-state index contributed by atoms with van der Waals surface area (Å²) < 4.78 is 1.65. The number of hydrogen-bond donors (Lipinski definition) is 1. The number of halogens is 1. The average Bonchev–Trinajstić information content (AvgIpc) is 2.51. The highest BCUT2D eigenvalue weighted by Crippen LogP contribution is 2.25. The van der Waals surface area contributed by atoms with Crippen LogP contribution in [0.4, 0.5) is 0 Å². The summed E-state index contributed by atoms with van der Waals surface area (Å²) >= 11 is 5.96. The molecule has 0 radical (unpaired) electrons. The molecule has 0 unspecified atom stereocenters. The molecule has 0 aliphatic rings. The SMILES string of the molecule is Cn1cc2c(CC(=O)O)c(Cl)ccc2n1. The van der Waals surface area contributed by atoms with Gasteiger partial charge in [-0.3, -0.25) is 9.48 Å². The number of aliphatic carboxylic acids is 1. The van der Waals surface area contributed by atoms with E-state index in [9.17, 15) is 4.79 Å². The Hall–Kier alpha value is -1.55. The number of carboxylic acid groups (broad SMARTS) is 1. The lowest BCUT2D eigenvalue weighted by atomic mass is 10.1. The zero-order valence-corrected chi connectivity index (χ0v) is 8.82. The quantitative estimate of drug-likeness (QED) is 0.847. The van der Waals surface area contributed by atoms with Crippen LogP contribution in [0, 0.1) is 0 Å². The second-order valence-corrected chi connectivity index (χ2v) is 3.74. The van der Waals surface area contributed by atoms with Gasteiger partial charge in [0.2, 0.25) is 0 Å². The monoisotopic (exact) mass is 224 g/mol. The smallest absolute Gasteiger partial charge is 0.307 e. The lowest BCUT2D eigenvalue weighted by Crippen LogP contribution is -2.01. The number of rotatable bonds is 2. The molecule has 15 heavy (non-hydrogen) atoms. The summed E-state index contributed by atoms with van der Waals surface area (Å²) in [5, 5.41) is 14.2. The minimum atomic E-state index is -0.895. The first kappa shape index (κ1) is 9.98. The van der Waals surface area contributed by atoms with E-state index in [2.05, 4.69) is 5.10 Å². The Balaban J connectivity index is 2.67. The van der Waals surface area contributed by atoms with Gasteiger partial charge in [0.1, 0.15) is 0 Å². The van der Waals surface area contributed by atoms with Gasteiger partial charge in [-0.1, -0.05) is 11.6 Å². The van der Waals surface area contributed by atoms with E-state index in [-0.39, 0.29) is 6.42 Å². The molecule has 0 atom stereocenters. The first-order valence-corrected chi connectivity index (χ1v) is 4.78. The molecule has 0 saturated heterocycles. The van der Waals surface area contributed by atoms with Crippen molar-refractivity contribution in [3.63, 3.8) is 0 Å². The molecule has 1 aromatic heterocycles. The molecule has 4 nitrogen and oxygen atoms in total. The van der Waals surface area contributed by atoms with E-state index in [0.717, 1.165) is 10.9 Å². The van der Waals surface area contributed by atoms with Crippen molar-refractivity contribution < 1.29 is 9.90 Å². The molecular formula is C10H9ClN2O2. The van der Waals surface area contributed by atoms with Gasteiger partial charge in [-0.25, -0.2) is 0 Å². The fourth-order valence-corrected chi connectivity index (χ4v) is 1.81. The van der Waals surface area contributed by atoms with Crippen molar-refractivity contribution in [1.29, 1.82) is 0 Å². The Morgan fingerprint density at radius 3 is 3.00 bits per heavy atom. The van der Waals surface area contributed by atoms with Crippen LogP contribution in [0.5, 0.6) is 0 Å². The first-order valence-electron chi connectivity index (χ1n) is 4.40. The highest BCUT2D eigenvalue weighted by molar-refractivity contribution is 6.32. The Kier molecular flexibility index (Phi) is 2.36. The number of benzene rings is 1. The standard InChI is InChI=1S/C10H9ClN2O2/c1-13-5-7-6(4-10(14)15)8(11)2-3-9(7)12-13/h2-3,5H,4H2,1H3,(H,14,15). The normalized spacial score (nSPS) is 10.8. The molecule has 1 N–H and O–H groups in total. The topological polar surface area (TPSA) is 55.1 Å². The van der Waals surface area contributed by atoms with Gasteiger partial charge in [0.05, 0.1) is 11.9 Å². The van der Waals surface area contributed by atoms with Gasteiger partial charge < -0.3 is 5.11 Å². The Labute approximate surface area is 91.1 Å². The predicted octanol–water partition coefficient (Wildman–Crippen LogP) is 1.85. The second-order valence-electron chi connectivity index (χ2n) is 3.33. The number of nitrogens with zero attached hydrogens (tertiary/aromatic N) is 2. The average molecular weight is 225 g/mol. The summed E-state index contributed by atoms with van der Waals surface area (Å²) in [7, 11) is 1.79. The number of hydrogen-bond acceptors (Lipinski definition) is 2. The molecule has 1 heterocycles. The summed E-state index contributed by atoms with van der Waals surface area (Å²) in [4.78, 5) is 10.7. The van der Waals surface area contributed by atoms with Crippen molar-refractivity contribution in [2.24, 2.45) is 7.05 Å². The fraction of sp³-hybridized carbons (Fsp3) is 0.200. The van der Waals surface area contributed by atoms with Crippen LogP contribution in [0.15, 0.2) is 18.3 Å². The number of aryl methyl sites for hydroxylation is 1. The van der Waals surface area contributed by atoms with Crippen LogP contribution >= 0.6 is 11.6 Å². The molecule has 0 saturated carbocycles. The van der Waals surface area contributed by atoms with Crippen LogP contribution in [0.3, 0.4) is 0 Å². The largest absolute Gasteiger partial charge is 0.481 e. The summed E-state index contributed by atoms with van der Waals surface area (Å²) in [6.45, 7) is 0. The van der Waals surface area contributed by atoms with Crippen LogP contribution in [-0.4, -0.2) is 20.9 Å². The van der Waals surface area contributed by atoms with Gasteiger partial charge in [0.25, 0.3) is 0 Å². The zero-order chi connectivity index (χ0) is 11.0. The number of fused-ring (bicyclic) bond motifs is 1. The number of aromatic nitrogens is 2. The molecule has 2 aromatic rings. The molecular weight excluding hydrogens is 216 g/mol. The van der Waals surface area contributed by atoms with Crippen molar-refractivity contribution in [2.75, 3.05) is 0 Å². The lowest BCUT2D eigenvalue weighted by Gasteiger charge is -2.01. The molecule has 2 rings (SSSR count). The van der Waals surface area contributed by atoms with Gasteiger partial charge in [0.15, 0.2) is 0 Å².